The van der Waals surface area contributed by atoms with Gasteiger partial charge in [0.1, 0.15) is 17.1 Å². The molecule has 0 unspecified atom stereocenters. The Morgan fingerprint density at radius 3 is 1.88 bits per heavy atom. The maximum absolute atomic E-state index is 12.9. The van der Waals surface area contributed by atoms with Crippen LogP contribution in [0, 0.1) is 0 Å². The zero-order chi connectivity index (χ0) is 19.3. The zero-order valence-electron chi connectivity index (χ0n) is 11.5. The molecule has 0 spiro atoms. The third kappa shape index (κ3) is 3.47. The summed E-state index contributed by atoms with van der Waals surface area (Å²) in [7, 11) is 0. The van der Waals surface area contributed by atoms with Crippen molar-refractivity contribution < 1.29 is 36.2 Å². The Labute approximate surface area is 144 Å². The number of nitrogens with zero attached hydrogens (tertiary/aromatic N) is 2. The van der Waals surface area contributed by atoms with Gasteiger partial charge in [-0.25, -0.2) is 9.48 Å². The predicted molar refractivity (Wildman–Crippen MR) is 75.0 cm³/mol. The van der Waals surface area contributed by atoms with Gasteiger partial charge in [0.15, 0.2) is 5.69 Å². The number of halogens is 8. The highest BCUT2D eigenvalue weighted by molar-refractivity contribution is 6.38. The van der Waals surface area contributed by atoms with E-state index in [1.807, 2.05) is 0 Å². The first-order chi connectivity index (χ1) is 11.2. The van der Waals surface area contributed by atoms with Crippen LogP contribution in [-0.4, -0.2) is 20.9 Å². The van der Waals surface area contributed by atoms with Crippen molar-refractivity contribution in [2.75, 3.05) is 5.73 Å². The van der Waals surface area contributed by atoms with Crippen LogP contribution < -0.4 is 5.73 Å². The van der Waals surface area contributed by atoms with Gasteiger partial charge in [0.2, 0.25) is 0 Å². The van der Waals surface area contributed by atoms with E-state index in [0.29, 0.717) is 12.1 Å². The molecule has 1 heterocycles. The highest BCUT2D eigenvalue weighted by atomic mass is 35.5. The number of hydrogen-bond donors (Lipinski definition) is 2. The van der Waals surface area contributed by atoms with Gasteiger partial charge in [0, 0.05) is 0 Å². The minimum Gasteiger partial charge on any atom is -0.477 e. The molecular weight excluding hydrogens is 403 g/mol. The van der Waals surface area contributed by atoms with E-state index in [4.69, 9.17) is 34.0 Å². The van der Waals surface area contributed by atoms with E-state index in [2.05, 4.69) is 5.10 Å². The monoisotopic (exact) mass is 407 g/mol. The maximum atomic E-state index is 12.9. The summed E-state index contributed by atoms with van der Waals surface area (Å²) in [5.41, 5.74) is 0.281. The number of carboxylic acid groups (broad SMARTS) is 1. The van der Waals surface area contributed by atoms with Crippen molar-refractivity contribution in [3.05, 3.63) is 39.0 Å². The maximum Gasteiger partial charge on any atom is 0.436 e. The highest BCUT2D eigenvalue weighted by Crippen LogP contribution is 2.40. The molecule has 0 saturated heterocycles. The van der Waals surface area contributed by atoms with E-state index in [9.17, 15) is 31.1 Å². The van der Waals surface area contributed by atoms with Crippen molar-refractivity contribution >= 4 is 35.0 Å². The van der Waals surface area contributed by atoms with Crippen LogP contribution in [0.4, 0.5) is 32.2 Å². The van der Waals surface area contributed by atoms with Crippen LogP contribution in [0.5, 0.6) is 0 Å². The summed E-state index contributed by atoms with van der Waals surface area (Å²) < 4.78 is 77.1. The normalized spacial score (nSPS) is 12.5. The van der Waals surface area contributed by atoms with Crippen molar-refractivity contribution in [2.45, 2.75) is 12.4 Å². The summed E-state index contributed by atoms with van der Waals surface area (Å²) in [6.07, 6.45) is -10.00. The molecule has 5 nitrogen and oxygen atoms in total. The first-order valence-electron chi connectivity index (χ1n) is 6.00. The number of aromatic carboxylic acids is 1. The fraction of sp³-hybridized carbons (Fsp3) is 0.167. The van der Waals surface area contributed by atoms with Crippen LogP contribution in [0.1, 0.15) is 21.6 Å². The fourth-order valence-corrected chi connectivity index (χ4v) is 2.59. The summed E-state index contributed by atoms with van der Waals surface area (Å²) in [4.78, 5) is 11.0. The number of hydrogen-bond acceptors (Lipinski definition) is 3. The van der Waals surface area contributed by atoms with Gasteiger partial charge in [0.05, 0.1) is 15.6 Å². The summed E-state index contributed by atoms with van der Waals surface area (Å²) in [6, 6.07) is 0.801. The first-order valence-corrected chi connectivity index (χ1v) is 6.76. The second-order valence-electron chi connectivity index (χ2n) is 4.61. The van der Waals surface area contributed by atoms with E-state index in [1.165, 1.54) is 0 Å². The van der Waals surface area contributed by atoms with Crippen LogP contribution in [0.3, 0.4) is 0 Å². The van der Waals surface area contributed by atoms with Gasteiger partial charge < -0.3 is 10.8 Å². The number of benzene rings is 1. The summed E-state index contributed by atoms with van der Waals surface area (Å²) >= 11 is 11.3. The number of carbonyl (C=O) groups is 1. The first kappa shape index (κ1) is 19.2. The Hall–Kier alpha value is -2.14. The van der Waals surface area contributed by atoms with Crippen molar-refractivity contribution in [2.24, 2.45) is 0 Å². The van der Waals surface area contributed by atoms with Crippen molar-refractivity contribution in [3.8, 4) is 5.69 Å². The van der Waals surface area contributed by atoms with Crippen molar-refractivity contribution in [3.63, 3.8) is 0 Å². The lowest BCUT2D eigenvalue weighted by Gasteiger charge is -2.13. The summed E-state index contributed by atoms with van der Waals surface area (Å²) in [6.45, 7) is 0. The molecular formula is C12H5Cl2F6N3O2. The molecule has 0 radical (unpaired) electrons. The van der Waals surface area contributed by atoms with Gasteiger partial charge in [-0.1, -0.05) is 23.2 Å². The lowest BCUT2D eigenvalue weighted by atomic mass is 10.2. The average Bonchev–Trinajstić information content (AvgIpc) is 2.75. The number of alkyl halides is 6. The van der Waals surface area contributed by atoms with Crippen molar-refractivity contribution in [1.29, 1.82) is 0 Å². The van der Waals surface area contributed by atoms with E-state index in [-0.39, 0.29) is 4.68 Å². The second kappa shape index (κ2) is 5.99. The molecule has 3 N–H and O–H groups in total. The Kier molecular flexibility index (Phi) is 4.60. The SMILES string of the molecule is Nc1c(C(=O)O)c(C(F)(F)F)nn1-c1c(Cl)cc(C(F)(F)F)cc1Cl. The second-order valence-corrected chi connectivity index (χ2v) is 5.42. The lowest BCUT2D eigenvalue weighted by molar-refractivity contribution is -0.141. The number of nitrogen functional groups attached to an aromatic ring is 1. The fourth-order valence-electron chi connectivity index (χ4n) is 1.94. The molecule has 0 amide bonds. The number of aromatic nitrogens is 2. The van der Waals surface area contributed by atoms with Gasteiger partial charge in [-0.2, -0.15) is 31.4 Å². The Bertz CT molecular complexity index is 837. The van der Waals surface area contributed by atoms with Gasteiger partial charge in [-0.3, -0.25) is 0 Å². The number of rotatable bonds is 2. The van der Waals surface area contributed by atoms with Gasteiger partial charge in [-0.15, -0.1) is 0 Å². The smallest absolute Gasteiger partial charge is 0.436 e. The molecule has 0 fully saturated rings. The molecule has 13 heteroatoms. The largest absolute Gasteiger partial charge is 0.477 e. The topological polar surface area (TPSA) is 81.1 Å². The van der Waals surface area contributed by atoms with Crippen LogP contribution in [0.2, 0.25) is 10.0 Å². The Balaban J connectivity index is 2.78. The molecule has 2 aromatic rings. The number of anilines is 1. The van der Waals surface area contributed by atoms with Gasteiger partial charge in [-0.05, 0) is 12.1 Å². The molecule has 0 bridgehead atoms. The van der Waals surface area contributed by atoms with Crippen LogP contribution in [0.25, 0.3) is 5.69 Å². The summed E-state index contributed by atoms with van der Waals surface area (Å²) in [5.74, 6) is -3.03. The van der Waals surface area contributed by atoms with Crippen molar-refractivity contribution in [1.82, 2.24) is 9.78 Å². The zero-order valence-corrected chi connectivity index (χ0v) is 13.0. The molecule has 0 aliphatic carbocycles. The predicted octanol–water partition coefficient (Wildman–Crippen LogP) is 4.50. The molecule has 25 heavy (non-hydrogen) atoms. The lowest BCUT2D eigenvalue weighted by Crippen LogP contribution is -2.12. The minimum atomic E-state index is -5.18. The van der Waals surface area contributed by atoms with E-state index in [1.54, 1.807) is 0 Å². The molecule has 0 atom stereocenters. The van der Waals surface area contributed by atoms with E-state index in [0.717, 1.165) is 0 Å². The molecule has 2 rings (SSSR count). The average molecular weight is 408 g/mol. The molecule has 1 aromatic heterocycles. The number of carboxylic acids is 1. The summed E-state index contributed by atoms with van der Waals surface area (Å²) in [5, 5.41) is 10.5. The van der Waals surface area contributed by atoms with Gasteiger partial charge in [0.25, 0.3) is 0 Å². The quantitative estimate of drug-likeness (QED) is 0.718. The van der Waals surface area contributed by atoms with E-state index >= 15 is 0 Å². The highest BCUT2D eigenvalue weighted by Gasteiger charge is 2.42. The third-order valence-corrected chi connectivity index (χ3v) is 3.54. The molecule has 136 valence electrons. The standard InChI is InChI=1S/C12H5Cl2F6N3O2/c13-4-1-3(11(15,16)17)2-5(14)7(4)23-9(21)6(10(24)25)8(22-23)12(18,19)20/h1-2H,21H2,(H,24,25). The van der Waals surface area contributed by atoms with E-state index < -0.39 is 56.7 Å². The molecule has 0 saturated carbocycles. The Morgan fingerprint density at radius 2 is 1.56 bits per heavy atom. The van der Waals surface area contributed by atoms with Crippen LogP contribution in [0.15, 0.2) is 12.1 Å². The molecule has 0 aliphatic rings. The number of nitrogens with two attached hydrogens (primary N) is 1. The Morgan fingerprint density at radius 1 is 1.08 bits per heavy atom. The van der Waals surface area contributed by atoms with Crippen LogP contribution in [-0.2, 0) is 12.4 Å². The molecule has 0 aliphatic heterocycles. The third-order valence-electron chi connectivity index (χ3n) is 2.96. The van der Waals surface area contributed by atoms with Gasteiger partial charge >= 0.3 is 18.3 Å². The molecule has 1 aromatic carbocycles. The minimum absolute atomic E-state index is 0.233. The van der Waals surface area contributed by atoms with Crippen LogP contribution >= 0.6 is 23.2 Å².